The van der Waals surface area contributed by atoms with Crippen molar-refractivity contribution < 1.29 is 123 Å². The SMILES string of the molecule is C=C1C[C@H]2C(S(=O)(=O)O)Cc3cc(OCCCC(=O)Nc4cc(C(=O)Cc5cc(C(=O)Nc6cc(C(=O)NCCCOC(=O)[C@H](C)NC(=O)CCNC(=O)OCC(CC(=O)CNC(=O)CCC(=O)CNC(=O)CCC(=O)CCOCCOCCCC(=O)CCN7C(=O)CC(SC)C7=O)C(=O)CCCOC)n(C)c6)n(C)c5)n(C)c4)c(C)cc3C(=O)N2C1. The van der Waals surface area contributed by atoms with Crippen molar-refractivity contribution in [3.05, 3.63) is 100 Å². The van der Waals surface area contributed by atoms with Gasteiger partial charge in [-0.3, -0.25) is 81.4 Å². The lowest BCUT2D eigenvalue weighted by Crippen LogP contribution is -2.44. The van der Waals surface area contributed by atoms with Crippen molar-refractivity contribution >= 4 is 133 Å². The van der Waals surface area contributed by atoms with Crippen LogP contribution in [0, 0.1) is 12.8 Å². The number of fused-ring (bicyclic) bond motifs is 2. The maximum Gasteiger partial charge on any atom is 0.407 e. The lowest BCUT2D eigenvalue weighted by molar-refractivity contribution is -0.147. The lowest BCUT2D eigenvalue weighted by atomic mass is 9.95. The number of alkyl carbamates (subject to hydrolysis) is 1. The molecular formula is C82H110N12O26S2. The second kappa shape index (κ2) is 48.5. The topological polar surface area (TPSA) is 505 Å². The standard InChI is InChI=1S/C82H110N12O26S2/c1-50-33-64-71(122(112,113)114)39-54-38-69(51(2)34-62(54)79(108)94(64)45-50)118-28-11-15-74(103)88-56-40-63(91(5)47-56)68(100)36-53-35-65(90(4)46-53)78(107)89-57-41-66(92(6)48-57)77(106)83-23-12-29-119-81(110)52(3)87-75(104)20-24-84-82(111)120-49-55(67(99)14-10-26-115-7)37-61(98)44-86-73(102)19-17-60(97)43-85-72(101)18-16-59(96)22-30-117-32-31-116-27-9-13-58(95)21-25-93-76(105)42-70(121-8)80(93)109/h34-35,38,40-41,46-48,52,55,64,70-71H,1,9-33,36-37,39,42-45,49H2,2-8H3,(H,83,106)(H,84,111)(H,85,101)(H,86,102)(H,87,104)(H,88,103)(H,89,107)(H,112,113,114)/t52-,55?,64-,70?,71?/m0/s1. The number of likely N-dealkylation sites (tertiary alicyclic amines) is 1. The highest BCUT2D eigenvalue weighted by molar-refractivity contribution is 8.00. The van der Waals surface area contributed by atoms with E-state index >= 15 is 0 Å². The average Bonchev–Trinajstić information content (AvgIpc) is 1.61. The van der Waals surface area contributed by atoms with E-state index in [9.17, 15) is 94.5 Å². The molecule has 6 heterocycles. The van der Waals surface area contributed by atoms with Gasteiger partial charge in [-0.15, -0.1) is 0 Å². The van der Waals surface area contributed by atoms with E-state index in [-0.39, 0.29) is 227 Å². The fraction of sp³-hybridized carbons (Fsp3) is 0.549. The van der Waals surface area contributed by atoms with Gasteiger partial charge in [-0.25, -0.2) is 9.59 Å². The molecule has 2 saturated heterocycles. The molecule has 3 unspecified atom stereocenters. The summed E-state index contributed by atoms with van der Waals surface area (Å²) >= 11 is 1.31. The highest BCUT2D eigenvalue weighted by atomic mass is 32.2. The minimum absolute atomic E-state index is 0.0247. The molecule has 3 aromatic heterocycles. The molecule has 10 amide bonds. The molecule has 122 heavy (non-hydrogen) atoms. The molecular weight excluding hydrogens is 1630 g/mol. The van der Waals surface area contributed by atoms with Crippen molar-refractivity contribution in [2.24, 2.45) is 27.1 Å². The van der Waals surface area contributed by atoms with Crippen molar-refractivity contribution in [2.45, 2.75) is 158 Å². The molecule has 1 aromatic carbocycles. The van der Waals surface area contributed by atoms with Gasteiger partial charge in [0.25, 0.3) is 27.8 Å². The second-order valence-corrected chi connectivity index (χ2v) is 32.7. The zero-order valence-corrected chi connectivity index (χ0v) is 71.4. The van der Waals surface area contributed by atoms with Gasteiger partial charge in [-0.2, -0.15) is 20.2 Å². The van der Waals surface area contributed by atoms with Crippen LogP contribution in [-0.4, -0.2) is 264 Å². The third-order valence-corrected chi connectivity index (χ3v) is 22.4. The Morgan fingerprint density at radius 1 is 0.607 bits per heavy atom. The van der Waals surface area contributed by atoms with Gasteiger partial charge in [-0.1, -0.05) is 12.2 Å². The molecule has 7 rings (SSSR count). The number of carbonyl (C=O) groups excluding carboxylic acids is 17. The second-order valence-electron chi connectivity index (χ2n) is 30.0. The number of esters is 1. The van der Waals surface area contributed by atoms with Crippen LogP contribution in [0.25, 0.3) is 0 Å². The van der Waals surface area contributed by atoms with Gasteiger partial charge >= 0.3 is 12.1 Å². The first kappa shape index (κ1) is 98.0. The van der Waals surface area contributed by atoms with Crippen LogP contribution in [0.5, 0.6) is 5.75 Å². The van der Waals surface area contributed by atoms with Crippen LogP contribution in [0.15, 0.2) is 61.1 Å². The van der Waals surface area contributed by atoms with Gasteiger partial charge < -0.3 is 84.2 Å². The Labute approximate surface area is 710 Å². The van der Waals surface area contributed by atoms with E-state index in [1.54, 1.807) is 80.1 Å². The Balaban J connectivity index is 0.701. The number of nitrogens with zero attached hydrogens (tertiary/aromatic N) is 5. The molecule has 0 spiro atoms. The fourth-order valence-electron chi connectivity index (χ4n) is 13.6. The van der Waals surface area contributed by atoms with Gasteiger partial charge in [0.15, 0.2) is 17.3 Å². The predicted molar refractivity (Wildman–Crippen MR) is 441 cm³/mol. The maximum atomic E-state index is 13.6. The minimum atomic E-state index is -4.53. The maximum absolute atomic E-state index is 13.6. The molecule has 3 aliphatic heterocycles. The van der Waals surface area contributed by atoms with Crippen LogP contribution in [0.3, 0.4) is 0 Å². The fourth-order valence-corrected chi connectivity index (χ4v) is 15.3. The number of ketones is 6. The number of amides is 10. The van der Waals surface area contributed by atoms with Crippen LogP contribution >= 0.6 is 11.8 Å². The summed E-state index contributed by atoms with van der Waals surface area (Å²) in [6.45, 7) is 6.69. The number of imide groups is 1. The summed E-state index contributed by atoms with van der Waals surface area (Å²) in [4.78, 5) is 220. The summed E-state index contributed by atoms with van der Waals surface area (Å²) in [5, 5.41) is 16.3. The minimum Gasteiger partial charge on any atom is -0.493 e. The van der Waals surface area contributed by atoms with Gasteiger partial charge in [0.1, 0.15) is 52.4 Å². The number of methoxy groups -OCH3 is 1. The first-order valence-corrected chi connectivity index (χ1v) is 42.9. The number of thioether (sulfide) groups is 1. The van der Waals surface area contributed by atoms with E-state index in [4.69, 9.17) is 28.4 Å². The number of carbonyl (C=O) groups is 17. The molecule has 0 bridgehead atoms. The Kier molecular flexibility index (Phi) is 39.0. The number of anilines is 2. The Hall–Kier alpha value is -11.1. The number of Topliss-reactive ketones (excluding diaryl/α,β-unsaturated/α-hetero) is 6. The summed E-state index contributed by atoms with van der Waals surface area (Å²) in [6.07, 6.45) is 5.69. The molecule has 3 aliphatic rings. The van der Waals surface area contributed by atoms with Crippen molar-refractivity contribution in [1.29, 1.82) is 0 Å². The van der Waals surface area contributed by atoms with Crippen LogP contribution in [0.4, 0.5) is 16.2 Å². The largest absolute Gasteiger partial charge is 0.493 e. The molecule has 40 heteroatoms. The molecule has 666 valence electrons. The molecule has 38 nitrogen and oxygen atoms in total. The predicted octanol–water partition coefficient (Wildman–Crippen LogP) is 3.51. The molecule has 0 saturated carbocycles. The van der Waals surface area contributed by atoms with E-state index in [0.29, 0.717) is 64.4 Å². The smallest absolute Gasteiger partial charge is 0.407 e. The van der Waals surface area contributed by atoms with E-state index in [1.165, 1.54) is 47.5 Å². The van der Waals surface area contributed by atoms with Gasteiger partial charge in [0, 0.05) is 175 Å². The lowest BCUT2D eigenvalue weighted by Gasteiger charge is -2.26. The van der Waals surface area contributed by atoms with Crippen LogP contribution in [-0.2, 0) is 125 Å². The molecule has 8 N–H and O–H groups in total. The summed E-state index contributed by atoms with van der Waals surface area (Å²) in [5.74, 6) is -7.76. The van der Waals surface area contributed by atoms with E-state index in [1.807, 2.05) is 0 Å². The third kappa shape index (κ3) is 31.4. The molecule has 2 fully saturated rings. The van der Waals surface area contributed by atoms with Crippen molar-refractivity contribution in [3.63, 3.8) is 0 Å². The highest BCUT2D eigenvalue weighted by Gasteiger charge is 2.46. The summed E-state index contributed by atoms with van der Waals surface area (Å²) in [5.41, 5.74) is 3.96. The van der Waals surface area contributed by atoms with E-state index in [0.717, 1.165) is 4.90 Å². The number of ether oxygens (including phenoxy) is 6. The first-order chi connectivity index (χ1) is 58.0. The monoisotopic (exact) mass is 1740 g/mol. The number of benzene rings is 1. The zero-order valence-electron chi connectivity index (χ0n) is 69.8. The average molecular weight is 1740 g/mol. The van der Waals surface area contributed by atoms with Crippen LogP contribution < -0.4 is 42.0 Å². The number of hydrogen-bond acceptors (Lipinski definition) is 26. The van der Waals surface area contributed by atoms with Crippen LogP contribution in [0.1, 0.15) is 175 Å². The molecule has 0 aliphatic carbocycles. The summed E-state index contributed by atoms with van der Waals surface area (Å²) in [7, 11) is 1.80. The summed E-state index contributed by atoms with van der Waals surface area (Å²) < 4.78 is 72.2. The highest BCUT2D eigenvalue weighted by Crippen LogP contribution is 2.37. The summed E-state index contributed by atoms with van der Waals surface area (Å²) in [6, 6.07) is 5.96. The van der Waals surface area contributed by atoms with Crippen molar-refractivity contribution in [2.75, 3.05) is 116 Å². The molecule has 4 aromatic rings. The van der Waals surface area contributed by atoms with E-state index in [2.05, 4.69) is 43.8 Å². The number of nitrogens with one attached hydrogen (secondary N) is 7. The quantitative estimate of drug-likeness (QED) is 0.00783. The molecule has 0 radical (unpaired) electrons. The number of hydrogen-bond donors (Lipinski definition) is 8. The first-order valence-electron chi connectivity index (χ1n) is 40.1. The number of aryl methyl sites for hydroxylation is 4. The number of aromatic nitrogens is 3. The Bertz CT molecular complexity index is 4640. The van der Waals surface area contributed by atoms with Crippen molar-refractivity contribution in [1.82, 2.24) is 50.1 Å². The number of rotatable bonds is 55. The van der Waals surface area contributed by atoms with Gasteiger partial charge in [-0.05, 0) is 106 Å². The Morgan fingerprint density at radius 3 is 1.94 bits per heavy atom. The van der Waals surface area contributed by atoms with E-state index < -0.39 is 124 Å². The Morgan fingerprint density at radius 2 is 1.25 bits per heavy atom. The van der Waals surface area contributed by atoms with Gasteiger partial charge in [0.05, 0.1) is 80.4 Å². The van der Waals surface area contributed by atoms with Crippen LogP contribution in [0.2, 0.25) is 0 Å². The van der Waals surface area contributed by atoms with Gasteiger partial charge in [0.2, 0.25) is 35.4 Å². The third-order valence-electron chi connectivity index (χ3n) is 20.2. The normalized spacial score (nSPS) is 15.4. The van der Waals surface area contributed by atoms with Crippen molar-refractivity contribution in [3.8, 4) is 5.75 Å². The molecule has 5 atom stereocenters. The zero-order chi connectivity index (χ0) is 89.3.